The average Bonchev–Trinajstić information content (AvgIpc) is 2.99. The summed E-state index contributed by atoms with van der Waals surface area (Å²) in [5, 5.41) is 9.29. The van der Waals surface area contributed by atoms with Crippen LogP contribution in [0.3, 0.4) is 0 Å². The first-order chi connectivity index (χ1) is 11.1. The number of amides is 1. The Kier molecular flexibility index (Phi) is 5.89. The maximum Gasteiger partial charge on any atom is 0.326 e. The summed E-state index contributed by atoms with van der Waals surface area (Å²) in [5.41, 5.74) is 0.329. The molecule has 0 aliphatic carbocycles. The van der Waals surface area contributed by atoms with E-state index in [1.165, 1.54) is 30.3 Å². The number of carboxylic acids is 1. The van der Waals surface area contributed by atoms with Crippen molar-refractivity contribution in [1.29, 1.82) is 0 Å². The smallest absolute Gasteiger partial charge is 0.326 e. The molecule has 2 heterocycles. The quantitative estimate of drug-likeness (QED) is 0.726. The number of aromatic nitrogens is 1. The largest absolute Gasteiger partial charge is 0.480 e. The van der Waals surface area contributed by atoms with Gasteiger partial charge in [0.1, 0.15) is 12.6 Å². The zero-order chi connectivity index (χ0) is 16.8. The molecule has 2 atom stereocenters. The minimum absolute atomic E-state index is 0.245. The van der Waals surface area contributed by atoms with Gasteiger partial charge in [-0.2, -0.15) is 0 Å². The summed E-state index contributed by atoms with van der Waals surface area (Å²) in [4.78, 5) is 29.3. The van der Waals surface area contributed by atoms with E-state index in [2.05, 4.69) is 4.98 Å². The van der Waals surface area contributed by atoms with Gasteiger partial charge in [0.2, 0.25) is 5.88 Å². The summed E-state index contributed by atoms with van der Waals surface area (Å²) in [6, 6.07) is 2.14. The number of hydrogen-bond donors (Lipinski definition) is 1. The monoisotopic (exact) mass is 324 g/mol. The lowest BCUT2D eigenvalue weighted by molar-refractivity contribution is -0.141. The fourth-order valence-corrected chi connectivity index (χ4v) is 2.44. The molecule has 0 radical (unpaired) electrons. The SMILES string of the molecule is COCCOc1cc(C(=O)N2CC(OC)CC2C(=O)O)ccn1. The Hall–Kier alpha value is -2.19. The molecule has 0 bridgehead atoms. The molecule has 8 nitrogen and oxygen atoms in total. The predicted molar refractivity (Wildman–Crippen MR) is 79.5 cm³/mol. The Balaban J connectivity index is 2.12. The third-order valence-electron chi connectivity index (χ3n) is 3.66. The Bertz CT molecular complexity index is 565. The van der Waals surface area contributed by atoms with Crippen LogP contribution in [0.5, 0.6) is 5.88 Å². The normalized spacial score (nSPS) is 20.5. The molecule has 1 aromatic rings. The van der Waals surface area contributed by atoms with Crippen LogP contribution in [0.1, 0.15) is 16.8 Å². The Morgan fingerprint density at radius 1 is 1.39 bits per heavy atom. The van der Waals surface area contributed by atoms with Crippen molar-refractivity contribution in [3.63, 3.8) is 0 Å². The van der Waals surface area contributed by atoms with Crippen molar-refractivity contribution in [2.45, 2.75) is 18.6 Å². The molecule has 0 saturated carbocycles. The van der Waals surface area contributed by atoms with Crippen LogP contribution in [-0.4, -0.2) is 73.0 Å². The zero-order valence-electron chi connectivity index (χ0n) is 13.1. The molecule has 2 unspecified atom stereocenters. The molecule has 1 fully saturated rings. The van der Waals surface area contributed by atoms with Gasteiger partial charge in [-0.1, -0.05) is 0 Å². The Morgan fingerprint density at radius 3 is 2.83 bits per heavy atom. The molecule has 2 rings (SSSR count). The van der Waals surface area contributed by atoms with Crippen molar-refractivity contribution in [3.05, 3.63) is 23.9 Å². The topological polar surface area (TPSA) is 98.2 Å². The molecule has 23 heavy (non-hydrogen) atoms. The molecule has 1 aromatic heterocycles. The van der Waals surface area contributed by atoms with Crippen molar-refractivity contribution >= 4 is 11.9 Å². The number of carbonyl (C=O) groups excluding carboxylic acids is 1. The number of likely N-dealkylation sites (tertiary alicyclic amines) is 1. The Morgan fingerprint density at radius 2 is 2.17 bits per heavy atom. The van der Waals surface area contributed by atoms with Gasteiger partial charge in [0, 0.05) is 45.0 Å². The van der Waals surface area contributed by atoms with Crippen LogP contribution < -0.4 is 4.74 Å². The van der Waals surface area contributed by atoms with E-state index in [-0.39, 0.29) is 25.0 Å². The number of carboxylic acid groups (broad SMARTS) is 1. The zero-order valence-corrected chi connectivity index (χ0v) is 13.1. The van der Waals surface area contributed by atoms with Gasteiger partial charge in [-0.3, -0.25) is 4.79 Å². The highest BCUT2D eigenvalue weighted by Crippen LogP contribution is 2.23. The minimum atomic E-state index is -1.04. The summed E-state index contributed by atoms with van der Waals surface area (Å²) in [5.74, 6) is -1.12. The number of nitrogens with zero attached hydrogens (tertiary/aromatic N) is 2. The van der Waals surface area contributed by atoms with Crippen LogP contribution in [0.25, 0.3) is 0 Å². The molecule has 1 N–H and O–H groups in total. The van der Waals surface area contributed by atoms with Gasteiger partial charge in [0.15, 0.2) is 0 Å². The van der Waals surface area contributed by atoms with E-state index in [4.69, 9.17) is 14.2 Å². The number of pyridine rings is 1. The van der Waals surface area contributed by atoms with Crippen molar-refractivity contribution in [2.75, 3.05) is 34.0 Å². The van der Waals surface area contributed by atoms with Gasteiger partial charge in [-0.05, 0) is 6.07 Å². The molecule has 1 saturated heterocycles. The third kappa shape index (κ3) is 4.17. The van der Waals surface area contributed by atoms with Gasteiger partial charge < -0.3 is 24.2 Å². The lowest BCUT2D eigenvalue weighted by atomic mass is 10.2. The lowest BCUT2D eigenvalue weighted by Gasteiger charge is -2.21. The van der Waals surface area contributed by atoms with Crippen LogP contribution in [0.15, 0.2) is 18.3 Å². The van der Waals surface area contributed by atoms with Crippen LogP contribution in [0.2, 0.25) is 0 Å². The number of aliphatic carboxylic acids is 1. The summed E-state index contributed by atoms with van der Waals surface area (Å²) in [6.07, 6.45) is 1.45. The number of methoxy groups -OCH3 is 2. The molecular weight excluding hydrogens is 304 g/mol. The van der Waals surface area contributed by atoms with Crippen molar-refractivity contribution in [2.24, 2.45) is 0 Å². The first kappa shape index (κ1) is 17.2. The summed E-state index contributed by atoms with van der Waals surface area (Å²) in [6.45, 7) is 0.964. The second kappa shape index (κ2) is 7.89. The second-order valence-electron chi connectivity index (χ2n) is 5.13. The number of hydrogen-bond acceptors (Lipinski definition) is 6. The molecule has 1 aliphatic rings. The molecule has 126 valence electrons. The van der Waals surface area contributed by atoms with E-state index in [1.54, 1.807) is 7.11 Å². The minimum Gasteiger partial charge on any atom is -0.480 e. The molecule has 1 aliphatic heterocycles. The van der Waals surface area contributed by atoms with Crippen LogP contribution >= 0.6 is 0 Å². The highest BCUT2D eigenvalue weighted by atomic mass is 16.5. The number of rotatable bonds is 7. The van der Waals surface area contributed by atoms with Crippen LogP contribution in [0.4, 0.5) is 0 Å². The summed E-state index contributed by atoms with van der Waals surface area (Å²) in [7, 11) is 3.06. The standard InChI is InChI=1S/C15H20N2O6/c1-21-5-6-23-13-7-10(3-4-16-13)14(18)17-9-11(22-2)8-12(17)15(19)20/h3-4,7,11-12H,5-6,8-9H2,1-2H3,(H,19,20). The number of ether oxygens (including phenoxy) is 3. The maximum atomic E-state index is 12.6. The molecule has 0 spiro atoms. The van der Waals surface area contributed by atoms with Crippen LogP contribution in [0, 0.1) is 0 Å². The Labute approximate surface area is 134 Å². The van der Waals surface area contributed by atoms with E-state index in [0.717, 1.165) is 0 Å². The van der Waals surface area contributed by atoms with E-state index in [9.17, 15) is 14.7 Å². The number of carbonyl (C=O) groups is 2. The van der Waals surface area contributed by atoms with E-state index in [1.807, 2.05) is 0 Å². The molecule has 1 amide bonds. The van der Waals surface area contributed by atoms with Gasteiger partial charge in [-0.25, -0.2) is 9.78 Å². The maximum absolute atomic E-state index is 12.6. The van der Waals surface area contributed by atoms with Crippen molar-refractivity contribution in [3.8, 4) is 5.88 Å². The summed E-state index contributed by atoms with van der Waals surface area (Å²) >= 11 is 0. The fourth-order valence-electron chi connectivity index (χ4n) is 2.44. The highest BCUT2D eigenvalue weighted by Gasteiger charge is 2.40. The average molecular weight is 324 g/mol. The predicted octanol–water partition coefficient (Wildman–Crippen LogP) is 0.421. The molecule has 8 heteroatoms. The van der Waals surface area contributed by atoms with Crippen molar-refractivity contribution < 1.29 is 28.9 Å². The highest BCUT2D eigenvalue weighted by molar-refractivity contribution is 5.97. The van der Waals surface area contributed by atoms with Crippen LogP contribution in [-0.2, 0) is 14.3 Å². The van der Waals surface area contributed by atoms with Crippen molar-refractivity contribution in [1.82, 2.24) is 9.88 Å². The first-order valence-corrected chi connectivity index (χ1v) is 7.21. The van der Waals surface area contributed by atoms with Gasteiger partial charge in [0.05, 0.1) is 12.7 Å². The van der Waals surface area contributed by atoms with E-state index < -0.39 is 12.0 Å². The van der Waals surface area contributed by atoms with Gasteiger partial charge in [0.25, 0.3) is 5.91 Å². The molecular formula is C15H20N2O6. The fraction of sp³-hybridized carbons (Fsp3) is 0.533. The first-order valence-electron chi connectivity index (χ1n) is 7.21. The summed E-state index contributed by atoms with van der Waals surface area (Å²) < 4.78 is 15.4. The van der Waals surface area contributed by atoms with E-state index >= 15 is 0 Å². The van der Waals surface area contributed by atoms with Gasteiger partial charge >= 0.3 is 5.97 Å². The third-order valence-corrected chi connectivity index (χ3v) is 3.66. The molecule has 0 aromatic carbocycles. The van der Waals surface area contributed by atoms with Gasteiger partial charge in [-0.15, -0.1) is 0 Å². The van der Waals surface area contributed by atoms with E-state index in [0.29, 0.717) is 24.7 Å². The lowest BCUT2D eigenvalue weighted by Crippen LogP contribution is -2.40. The second-order valence-corrected chi connectivity index (χ2v) is 5.13.